The fourth-order valence-corrected chi connectivity index (χ4v) is 4.47. The Morgan fingerprint density at radius 3 is 2.41 bits per heavy atom. The number of fused-ring (bicyclic) bond motifs is 1. The lowest BCUT2D eigenvalue weighted by molar-refractivity contribution is -0.119. The van der Waals surface area contributed by atoms with Crippen molar-refractivity contribution in [2.45, 2.75) is 32.6 Å². The van der Waals surface area contributed by atoms with Gasteiger partial charge in [0.2, 0.25) is 5.91 Å². The normalized spacial score (nSPS) is 13.6. The van der Waals surface area contributed by atoms with Crippen LogP contribution in [-0.4, -0.2) is 39.8 Å². The molecule has 2 heterocycles. The molecule has 1 amide bonds. The van der Waals surface area contributed by atoms with Gasteiger partial charge in [-0.1, -0.05) is 23.7 Å². The van der Waals surface area contributed by atoms with Crippen LogP contribution >= 0.6 is 11.6 Å². The number of nitrogens with zero attached hydrogens (tertiary/aromatic N) is 3. The lowest BCUT2D eigenvalue weighted by Gasteiger charge is -2.27. The molecule has 0 aliphatic carbocycles. The van der Waals surface area contributed by atoms with Crippen LogP contribution in [0.5, 0.6) is 0 Å². The maximum absolute atomic E-state index is 13.6. The number of hydrogen-bond donors (Lipinski definition) is 2. The lowest BCUT2D eigenvalue weighted by Crippen LogP contribution is -2.35. The molecule has 3 N–H and O–H groups in total. The minimum absolute atomic E-state index is 0.100. The second kappa shape index (κ2) is 10.5. The molecule has 1 aliphatic rings. The summed E-state index contributed by atoms with van der Waals surface area (Å²) in [4.78, 5) is 27.0. The van der Waals surface area contributed by atoms with Gasteiger partial charge in [0, 0.05) is 49.4 Å². The molecule has 10 heteroatoms. The molecule has 4 rings (SSSR count). The zero-order valence-corrected chi connectivity index (χ0v) is 19.3. The molecule has 7 nitrogen and oxygen atoms in total. The largest absolute Gasteiger partial charge is 0.353 e. The highest BCUT2D eigenvalue weighted by molar-refractivity contribution is 6.30. The Kier molecular flexibility index (Phi) is 7.45. The number of benzene rings is 2. The first kappa shape index (κ1) is 24.1. The molecule has 0 spiro atoms. The molecule has 180 valence electrons. The fraction of sp³-hybridized carbons (Fsp3) is 0.333. The monoisotopic (exact) mass is 489 g/mol. The van der Waals surface area contributed by atoms with Crippen molar-refractivity contribution in [2.75, 3.05) is 19.6 Å². The molecule has 0 saturated carbocycles. The van der Waals surface area contributed by atoms with E-state index in [1.807, 2.05) is 21.7 Å². The Morgan fingerprint density at radius 2 is 1.74 bits per heavy atom. The predicted molar refractivity (Wildman–Crippen MR) is 125 cm³/mol. The second-order valence-electron chi connectivity index (χ2n) is 8.33. The molecule has 34 heavy (non-hydrogen) atoms. The number of nitrogens with one attached hydrogen (secondary N) is 1. The number of aromatic nitrogens is 2. The molecule has 0 saturated heterocycles. The summed E-state index contributed by atoms with van der Waals surface area (Å²) in [7, 11) is 0. The topological polar surface area (TPSA) is 85.3 Å². The number of nitrogens with two attached hydrogens (primary N) is 1. The van der Waals surface area contributed by atoms with Crippen LogP contribution in [0, 0.1) is 11.6 Å². The summed E-state index contributed by atoms with van der Waals surface area (Å²) in [6, 6.07) is 10.7. The van der Waals surface area contributed by atoms with Crippen LogP contribution < -0.4 is 16.6 Å². The first-order valence-corrected chi connectivity index (χ1v) is 11.4. The van der Waals surface area contributed by atoms with E-state index < -0.39 is 11.6 Å². The number of halogens is 3. The minimum atomic E-state index is -0.622. The van der Waals surface area contributed by atoms with Gasteiger partial charge in [-0.15, -0.1) is 0 Å². The summed E-state index contributed by atoms with van der Waals surface area (Å²) in [5.74, 6) is -1.51. The summed E-state index contributed by atoms with van der Waals surface area (Å²) < 4.78 is 30.8. The summed E-state index contributed by atoms with van der Waals surface area (Å²) in [5, 5.41) is 3.36. The fourth-order valence-electron chi connectivity index (χ4n) is 4.34. The van der Waals surface area contributed by atoms with Gasteiger partial charge in [0.1, 0.15) is 11.6 Å². The molecule has 3 aromatic rings. The van der Waals surface area contributed by atoms with E-state index in [1.165, 1.54) is 12.1 Å². The molecule has 2 aromatic carbocycles. The zero-order chi connectivity index (χ0) is 24.2. The van der Waals surface area contributed by atoms with E-state index in [4.69, 9.17) is 17.3 Å². The summed E-state index contributed by atoms with van der Waals surface area (Å²) in [6.45, 7) is 2.34. The van der Waals surface area contributed by atoms with Crippen LogP contribution in [0.3, 0.4) is 0 Å². The molecular weight excluding hydrogens is 464 g/mol. The lowest BCUT2D eigenvalue weighted by atomic mass is 10.1. The maximum atomic E-state index is 13.6. The molecule has 0 unspecified atom stereocenters. The quantitative estimate of drug-likeness (QED) is 0.508. The number of hydrogen-bond acceptors (Lipinski definition) is 4. The van der Waals surface area contributed by atoms with Crippen molar-refractivity contribution in [1.29, 1.82) is 0 Å². The van der Waals surface area contributed by atoms with Gasteiger partial charge in [-0.3, -0.25) is 19.2 Å². The molecular formula is C24H26ClF2N5O2. The standard InChI is InChI=1S/C24H26ClF2N5O2/c25-18-3-1-16(2-4-18)14-32-24(34)21-15-30(13-17-9-19(26)11-20(27)10-17)7-5-22(21)31(32)8-6-29-23(33)12-28/h1-4,9-11H,5-8,12-15,28H2,(H,29,33). The SMILES string of the molecule is NCC(=O)NCCn1c2c(c(=O)n1Cc1ccc(Cl)cc1)CN(Cc1cc(F)cc(F)c1)CC2. The second-order valence-corrected chi connectivity index (χ2v) is 8.77. The van der Waals surface area contributed by atoms with Crippen molar-refractivity contribution < 1.29 is 13.6 Å². The summed E-state index contributed by atoms with van der Waals surface area (Å²) in [5.41, 5.74) is 8.25. The van der Waals surface area contributed by atoms with E-state index >= 15 is 0 Å². The van der Waals surface area contributed by atoms with Crippen LogP contribution in [-0.2, 0) is 37.4 Å². The highest BCUT2D eigenvalue weighted by Gasteiger charge is 2.26. The van der Waals surface area contributed by atoms with Crippen molar-refractivity contribution in [3.05, 3.63) is 91.9 Å². The van der Waals surface area contributed by atoms with Crippen molar-refractivity contribution in [3.63, 3.8) is 0 Å². The Bertz CT molecular complexity index is 1220. The van der Waals surface area contributed by atoms with Gasteiger partial charge in [-0.05, 0) is 35.4 Å². The van der Waals surface area contributed by atoms with Gasteiger partial charge in [0.05, 0.1) is 25.2 Å². The summed E-state index contributed by atoms with van der Waals surface area (Å²) >= 11 is 6.00. The predicted octanol–water partition coefficient (Wildman–Crippen LogP) is 2.26. The van der Waals surface area contributed by atoms with Gasteiger partial charge < -0.3 is 11.1 Å². The molecule has 0 atom stereocenters. The highest BCUT2D eigenvalue weighted by Crippen LogP contribution is 2.21. The molecule has 1 aliphatic heterocycles. The Morgan fingerprint density at radius 1 is 1.03 bits per heavy atom. The number of carbonyl (C=O) groups is 1. The van der Waals surface area contributed by atoms with Crippen molar-refractivity contribution in [1.82, 2.24) is 19.6 Å². The van der Waals surface area contributed by atoms with Crippen LogP contribution in [0.4, 0.5) is 8.78 Å². The number of rotatable bonds is 8. The minimum Gasteiger partial charge on any atom is -0.353 e. The van der Waals surface area contributed by atoms with E-state index in [1.54, 1.807) is 16.8 Å². The Labute approximate surface area is 200 Å². The highest BCUT2D eigenvalue weighted by atomic mass is 35.5. The van der Waals surface area contributed by atoms with E-state index in [-0.39, 0.29) is 18.0 Å². The van der Waals surface area contributed by atoms with Gasteiger partial charge in [0.25, 0.3) is 5.56 Å². The maximum Gasteiger partial charge on any atom is 0.271 e. The van der Waals surface area contributed by atoms with Crippen LogP contribution in [0.1, 0.15) is 22.4 Å². The van der Waals surface area contributed by atoms with Crippen molar-refractivity contribution in [3.8, 4) is 0 Å². The van der Waals surface area contributed by atoms with Gasteiger partial charge in [-0.25, -0.2) is 13.5 Å². The summed E-state index contributed by atoms with van der Waals surface area (Å²) in [6.07, 6.45) is 0.598. The van der Waals surface area contributed by atoms with Gasteiger partial charge >= 0.3 is 0 Å². The van der Waals surface area contributed by atoms with E-state index in [9.17, 15) is 18.4 Å². The molecule has 0 fully saturated rings. The van der Waals surface area contributed by atoms with Crippen LogP contribution in [0.15, 0.2) is 47.3 Å². The third kappa shape index (κ3) is 5.55. The van der Waals surface area contributed by atoms with Gasteiger partial charge in [-0.2, -0.15) is 0 Å². The molecule has 0 radical (unpaired) electrons. The first-order valence-electron chi connectivity index (χ1n) is 11.0. The Balaban J connectivity index is 1.60. The average molecular weight is 490 g/mol. The first-order chi connectivity index (χ1) is 16.3. The van der Waals surface area contributed by atoms with E-state index in [0.717, 1.165) is 17.3 Å². The van der Waals surface area contributed by atoms with E-state index in [2.05, 4.69) is 5.32 Å². The third-order valence-corrected chi connectivity index (χ3v) is 6.15. The number of carbonyl (C=O) groups excluding carboxylic acids is 1. The van der Waals surface area contributed by atoms with Gasteiger partial charge in [0.15, 0.2) is 0 Å². The van der Waals surface area contributed by atoms with Crippen LogP contribution in [0.2, 0.25) is 5.02 Å². The van der Waals surface area contributed by atoms with Crippen LogP contribution in [0.25, 0.3) is 0 Å². The zero-order valence-electron chi connectivity index (χ0n) is 18.6. The van der Waals surface area contributed by atoms with Crippen molar-refractivity contribution in [2.24, 2.45) is 5.73 Å². The van der Waals surface area contributed by atoms with Crippen molar-refractivity contribution >= 4 is 17.5 Å². The average Bonchev–Trinajstić information content (AvgIpc) is 3.05. The smallest absolute Gasteiger partial charge is 0.271 e. The van der Waals surface area contributed by atoms with E-state index in [0.29, 0.717) is 61.8 Å². The Hall–Kier alpha value is -3.01. The third-order valence-electron chi connectivity index (χ3n) is 5.90. The number of amides is 1. The molecule has 1 aromatic heterocycles. The molecule has 0 bridgehead atoms.